The average molecular weight is 386 g/mol. The second kappa shape index (κ2) is 13.9. The molecule has 0 radical (unpaired) electrons. The Morgan fingerprint density at radius 2 is 1.54 bits per heavy atom. The Morgan fingerprint density at radius 3 is 2.32 bits per heavy atom. The summed E-state index contributed by atoms with van der Waals surface area (Å²) in [4.78, 5) is 0. The van der Waals surface area contributed by atoms with E-state index in [9.17, 15) is 0 Å². The molecule has 154 valence electrons. The van der Waals surface area contributed by atoms with Gasteiger partial charge in [-0.15, -0.1) is 0 Å². The Bertz CT molecular complexity index is 646. The van der Waals surface area contributed by atoms with Crippen molar-refractivity contribution in [1.82, 2.24) is 5.32 Å². The lowest BCUT2D eigenvalue weighted by Crippen LogP contribution is -2.17. The second-order valence-electron chi connectivity index (χ2n) is 6.90. The zero-order chi connectivity index (χ0) is 19.9. The van der Waals surface area contributed by atoms with Gasteiger partial charge in [0.1, 0.15) is 19.0 Å². The molecule has 0 heterocycles. The molecule has 4 nitrogen and oxygen atoms in total. The summed E-state index contributed by atoms with van der Waals surface area (Å²) in [5.41, 5.74) is 1.12. The molecule has 0 saturated carbocycles. The van der Waals surface area contributed by atoms with Gasteiger partial charge in [0, 0.05) is 12.1 Å². The number of ether oxygens (including phenoxy) is 3. The highest BCUT2D eigenvalue weighted by Crippen LogP contribution is 2.31. The third-order valence-electron chi connectivity index (χ3n) is 4.64. The minimum absolute atomic E-state index is 0.472. The smallest absolute Gasteiger partial charge is 0.165 e. The SMILES string of the molecule is CCCCCCCCNCc1cccc(OC)c1OCCOc1ccccc1. The first-order valence-electron chi connectivity index (χ1n) is 10.5. The van der Waals surface area contributed by atoms with E-state index in [1.807, 2.05) is 42.5 Å². The van der Waals surface area contributed by atoms with E-state index in [-0.39, 0.29) is 0 Å². The fourth-order valence-corrected chi connectivity index (χ4v) is 3.10. The van der Waals surface area contributed by atoms with Crippen LogP contribution in [0.3, 0.4) is 0 Å². The Morgan fingerprint density at radius 1 is 0.786 bits per heavy atom. The van der Waals surface area contributed by atoms with Gasteiger partial charge in [0.25, 0.3) is 0 Å². The molecule has 2 aromatic carbocycles. The van der Waals surface area contributed by atoms with E-state index < -0.39 is 0 Å². The number of para-hydroxylation sites is 2. The molecule has 0 bridgehead atoms. The Hall–Kier alpha value is -2.20. The maximum Gasteiger partial charge on any atom is 0.165 e. The molecule has 2 rings (SSSR count). The number of hydrogen-bond acceptors (Lipinski definition) is 4. The average Bonchev–Trinajstić information content (AvgIpc) is 2.74. The number of hydrogen-bond donors (Lipinski definition) is 1. The lowest BCUT2D eigenvalue weighted by Gasteiger charge is -2.16. The van der Waals surface area contributed by atoms with Crippen molar-refractivity contribution in [2.45, 2.75) is 52.0 Å². The summed E-state index contributed by atoms with van der Waals surface area (Å²) in [5.74, 6) is 2.42. The van der Waals surface area contributed by atoms with Crippen molar-refractivity contribution in [1.29, 1.82) is 0 Å². The molecule has 0 aliphatic heterocycles. The quantitative estimate of drug-likeness (QED) is 0.405. The van der Waals surface area contributed by atoms with Crippen LogP contribution in [0.2, 0.25) is 0 Å². The Kier molecular flexibility index (Phi) is 11.0. The maximum atomic E-state index is 6.01. The van der Waals surface area contributed by atoms with Crippen LogP contribution in [-0.2, 0) is 6.54 Å². The number of methoxy groups -OCH3 is 1. The van der Waals surface area contributed by atoms with E-state index in [0.29, 0.717) is 13.2 Å². The van der Waals surface area contributed by atoms with Gasteiger partial charge in [-0.3, -0.25) is 0 Å². The van der Waals surface area contributed by atoms with Gasteiger partial charge in [0.05, 0.1) is 7.11 Å². The van der Waals surface area contributed by atoms with Crippen molar-refractivity contribution in [2.75, 3.05) is 26.9 Å². The van der Waals surface area contributed by atoms with Crippen LogP contribution in [0.15, 0.2) is 48.5 Å². The van der Waals surface area contributed by atoms with Crippen molar-refractivity contribution >= 4 is 0 Å². The molecule has 2 aromatic rings. The summed E-state index contributed by atoms with van der Waals surface area (Å²) in [6, 6.07) is 15.8. The molecule has 0 atom stereocenters. The van der Waals surface area contributed by atoms with Crippen molar-refractivity contribution in [3.8, 4) is 17.2 Å². The monoisotopic (exact) mass is 385 g/mol. The van der Waals surface area contributed by atoms with Crippen molar-refractivity contribution in [3.63, 3.8) is 0 Å². The van der Waals surface area contributed by atoms with Crippen molar-refractivity contribution in [3.05, 3.63) is 54.1 Å². The number of benzene rings is 2. The molecule has 0 aromatic heterocycles. The summed E-state index contributed by atoms with van der Waals surface area (Å²) in [6.45, 7) is 5.02. The van der Waals surface area contributed by atoms with Gasteiger partial charge in [-0.05, 0) is 31.2 Å². The fourth-order valence-electron chi connectivity index (χ4n) is 3.10. The minimum atomic E-state index is 0.472. The van der Waals surface area contributed by atoms with Gasteiger partial charge in [0.2, 0.25) is 0 Å². The van der Waals surface area contributed by atoms with Crippen LogP contribution in [0.4, 0.5) is 0 Å². The van der Waals surface area contributed by atoms with Crippen LogP contribution in [0.25, 0.3) is 0 Å². The zero-order valence-electron chi connectivity index (χ0n) is 17.4. The Balaban J connectivity index is 1.75. The number of nitrogens with one attached hydrogen (secondary N) is 1. The minimum Gasteiger partial charge on any atom is -0.493 e. The van der Waals surface area contributed by atoms with E-state index in [1.54, 1.807) is 7.11 Å². The number of rotatable bonds is 15. The van der Waals surface area contributed by atoms with Gasteiger partial charge >= 0.3 is 0 Å². The molecule has 0 amide bonds. The molecule has 4 heteroatoms. The first kappa shape index (κ1) is 22.1. The Labute approximate surface area is 170 Å². The van der Waals surface area contributed by atoms with Gasteiger partial charge in [-0.1, -0.05) is 69.4 Å². The summed E-state index contributed by atoms with van der Waals surface area (Å²) in [5, 5.41) is 3.53. The third kappa shape index (κ3) is 8.22. The highest BCUT2D eigenvalue weighted by molar-refractivity contribution is 5.46. The van der Waals surface area contributed by atoms with Crippen LogP contribution >= 0.6 is 0 Å². The summed E-state index contributed by atoms with van der Waals surface area (Å²) in [6.07, 6.45) is 7.86. The topological polar surface area (TPSA) is 39.7 Å². The van der Waals surface area contributed by atoms with Crippen molar-refractivity contribution in [2.24, 2.45) is 0 Å². The first-order chi connectivity index (χ1) is 13.8. The highest BCUT2D eigenvalue weighted by Gasteiger charge is 2.10. The van der Waals surface area contributed by atoms with E-state index in [2.05, 4.69) is 18.3 Å². The lowest BCUT2D eigenvalue weighted by molar-refractivity contribution is 0.209. The summed E-state index contributed by atoms with van der Waals surface area (Å²) >= 11 is 0. The van der Waals surface area contributed by atoms with Crippen molar-refractivity contribution < 1.29 is 14.2 Å². The van der Waals surface area contributed by atoms with Gasteiger partial charge in [0.15, 0.2) is 11.5 Å². The normalized spacial score (nSPS) is 10.6. The number of unbranched alkanes of at least 4 members (excludes halogenated alkanes) is 5. The van der Waals surface area contributed by atoms with Gasteiger partial charge in [-0.25, -0.2) is 0 Å². The zero-order valence-corrected chi connectivity index (χ0v) is 17.4. The van der Waals surface area contributed by atoms with E-state index in [1.165, 1.54) is 38.5 Å². The van der Waals surface area contributed by atoms with Crippen LogP contribution < -0.4 is 19.5 Å². The van der Waals surface area contributed by atoms with E-state index in [4.69, 9.17) is 14.2 Å². The van der Waals surface area contributed by atoms with Gasteiger partial charge < -0.3 is 19.5 Å². The largest absolute Gasteiger partial charge is 0.493 e. The molecule has 0 fully saturated rings. The van der Waals surface area contributed by atoms with Gasteiger partial charge in [-0.2, -0.15) is 0 Å². The molecule has 0 unspecified atom stereocenters. The van der Waals surface area contributed by atoms with Crippen LogP contribution in [0.1, 0.15) is 51.0 Å². The standard InChI is InChI=1S/C24H35NO3/c1-3-4-5-6-7-11-17-25-20-21-13-12-16-23(26-2)24(21)28-19-18-27-22-14-9-8-10-15-22/h8-10,12-16,25H,3-7,11,17-20H2,1-2H3. The molecule has 0 aliphatic rings. The molecule has 0 spiro atoms. The fraction of sp³-hybridized carbons (Fsp3) is 0.500. The predicted octanol–water partition coefficient (Wildman–Crippen LogP) is 5.60. The van der Waals surface area contributed by atoms with E-state index in [0.717, 1.165) is 35.9 Å². The molecular formula is C24H35NO3. The highest BCUT2D eigenvalue weighted by atomic mass is 16.5. The van der Waals surface area contributed by atoms with Crippen LogP contribution in [0, 0.1) is 0 Å². The third-order valence-corrected chi connectivity index (χ3v) is 4.64. The summed E-state index contributed by atoms with van der Waals surface area (Å²) in [7, 11) is 1.68. The first-order valence-corrected chi connectivity index (χ1v) is 10.5. The molecule has 28 heavy (non-hydrogen) atoms. The second-order valence-corrected chi connectivity index (χ2v) is 6.90. The molecule has 0 saturated heterocycles. The molecule has 0 aliphatic carbocycles. The lowest BCUT2D eigenvalue weighted by atomic mass is 10.1. The van der Waals surface area contributed by atoms with Crippen LogP contribution in [-0.4, -0.2) is 26.9 Å². The maximum absolute atomic E-state index is 6.01. The van der Waals surface area contributed by atoms with E-state index >= 15 is 0 Å². The molecule has 1 N–H and O–H groups in total. The summed E-state index contributed by atoms with van der Waals surface area (Å²) < 4.78 is 17.2. The molecular weight excluding hydrogens is 350 g/mol. The predicted molar refractivity (Wildman–Crippen MR) is 116 cm³/mol. The van der Waals surface area contributed by atoms with Crippen LogP contribution in [0.5, 0.6) is 17.2 Å².